The molecule has 0 atom stereocenters. The summed E-state index contributed by atoms with van der Waals surface area (Å²) in [5, 5.41) is 7.30. The van der Waals surface area contributed by atoms with E-state index in [2.05, 4.69) is 20.2 Å². The minimum Gasteiger partial charge on any atom is -0.372 e. The van der Waals surface area contributed by atoms with Crippen molar-refractivity contribution >= 4 is 11.6 Å². The Kier molecular flexibility index (Phi) is 4.23. The molecule has 6 heteroatoms. The standard InChI is InChI=1S/C15H13ClN4O/c16-13-4-1-11(2-5-13)8-21-9-12-3-6-14(17-7-12)15-18-10-19-20-15/h1-7,10H,8-9H2,(H,18,19,20). The zero-order valence-electron chi connectivity index (χ0n) is 11.2. The summed E-state index contributed by atoms with van der Waals surface area (Å²) in [5.41, 5.74) is 2.85. The smallest absolute Gasteiger partial charge is 0.174 e. The number of halogens is 1. The number of aromatic nitrogens is 4. The molecule has 3 rings (SSSR count). The average Bonchev–Trinajstić information content (AvgIpc) is 3.04. The SMILES string of the molecule is Clc1ccc(COCc2ccc(-c3ncn[nH]3)nc2)cc1. The lowest BCUT2D eigenvalue weighted by Crippen LogP contribution is -1.95. The number of rotatable bonds is 5. The first kappa shape index (κ1) is 13.7. The third-order valence-corrected chi connectivity index (χ3v) is 3.19. The lowest BCUT2D eigenvalue weighted by Gasteiger charge is -2.05. The van der Waals surface area contributed by atoms with Crippen molar-refractivity contribution in [2.24, 2.45) is 0 Å². The number of hydrogen-bond acceptors (Lipinski definition) is 4. The van der Waals surface area contributed by atoms with E-state index in [0.29, 0.717) is 19.0 Å². The van der Waals surface area contributed by atoms with Crippen LogP contribution in [0.1, 0.15) is 11.1 Å². The Morgan fingerprint density at radius 3 is 2.38 bits per heavy atom. The quantitative estimate of drug-likeness (QED) is 0.785. The summed E-state index contributed by atoms with van der Waals surface area (Å²) in [7, 11) is 0. The Morgan fingerprint density at radius 1 is 0.952 bits per heavy atom. The summed E-state index contributed by atoms with van der Waals surface area (Å²) >= 11 is 5.84. The third-order valence-electron chi connectivity index (χ3n) is 2.93. The van der Waals surface area contributed by atoms with E-state index in [1.807, 2.05) is 36.4 Å². The number of aromatic amines is 1. The fourth-order valence-corrected chi connectivity index (χ4v) is 1.97. The molecule has 0 spiro atoms. The Morgan fingerprint density at radius 2 is 1.71 bits per heavy atom. The van der Waals surface area contributed by atoms with Crippen molar-refractivity contribution in [2.45, 2.75) is 13.2 Å². The molecule has 0 bridgehead atoms. The predicted octanol–water partition coefficient (Wildman–Crippen LogP) is 3.24. The van der Waals surface area contributed by atoms with Gasteiger partial charge in [0, 0.05) is 11.2 Å². The molecule has 1 N–H and O–H groups in total. The summed E-state index contributed by atoms with van der Waals surface area (Å²) < 4.78 is 5.66. The molecule has 0 unspecified atom stereocenters. The molecule has 21 heavy (non-hydrogen) atoms. The topological polar surface area (TPSA) is 63.7 Å². The van der Waals surface area contributed by atoms with Crippen LogP contribution in [0.15, 0.2) is 48.9 Å². The monoisotopic (exact) mass is 300 g/mol. The van der Waals surface area contributed by atoms with Crippen LogP contribution in [0, 0.1) is 0 Å². The molecule has 1 aromatic carbocycles. The predicted molar refractivity (Wildman–Crippen MR) is 79.6 cm³/mol. The van der Waals surface area contributed by atoms with Crippen molar-refractivity contribution in [1.82, 2.24) is 20.2 Å². The molecule has 106 valence electrons. The van der Waals surface area contributed by atoms with Crippen molar-refractivity contribution in [3.8, 4) is 11.5 Å². The van der Waals surface area contributed by atoms with Crippen LogP contribution in [0.2, 0.25) is 5.02 Å². The van der Waals surface area contributed by atoms with Gasteiger partial charge in [-0.2, -0.15) is 5.10 Å². The van der Waals surface area contributed by atoms with E-state index in [4.69, 9.17) is 16.3 Å². The van der Waals surface area contributed by atoms with Gasteiger partial charge in [0.05, 0.1) is 13.2 Å². The normalized spacial score (nSPS) is 10.7. The number of nitrogens with zero attached hydrogens (tertiary/aromatic N) is 3. The molecule has 0 saturated carbocycles. The van der Waals surface area contributed by atoms with Gasteiger partial charge < -0.3 is 4.74 Å². The number of pyridine rings is 1. The van der Waals surface area contributed by atoms with Gasteiger partial charge in [0.25, 0.3) is 0 Å². The molecule has 0 aliphatic heterocycles. The molecule has 0 saturated heterocycles. The zero-order chi connectivity index (χ0) is 14.5. The summed E-state index contributed by atoms with van der Waals surface area (Å²) in [6, 6.07) is 11.5. The van der Waals surface area contributed by atoms with Gasteiger partial charge in [0.1, 0.15) is 12.0 Å². The molecular weight excluding hydrogens is 288 g/mol. The first-order valence-electron chi connectivity index (χ1n) is 6.44. The van der Waals surface area contributed by atoms with Gasteiger partial charge >= 0.3 is 0 Å². The molecule has 0 amide bonds. The first-order valence-corrected chi connectivity index (χ1v) is 6.82. The van der Waals surface area contributed by atoms with Gasteiger partial charge in [-0.25, -0.2) is 4.98 Å². The Hall–Kier alpha value is -2.24. The van der Waals surface area contributed by atoms with Gasteiger partial charge in [-0.1, -0.05) is 29.8 Å². The maximum Gasteiger partial charge on any atom is 0.174 e. The second-order valence-corrected chi connectivity index (χ2v) is 4.94. The van der Waals surface area contributed by atoms with Crippen LogP contribution >= 0.6 is 11.6 Å². The minimum atomic E-state index is 0.506. The fourth-order valence-electron chi connectivity index (χ4n) is 1.85. The van der Waals surface area contributed by atoms with Crippen molar-refractivity contribution in [3.05, 3.63) is 65.1 Å². The van der Waals surface area contributed by atoms with E-state index >= 15 is 0 Å². The van der Waals surface area contributed by atoms with Crippen LogP contribution in [0.5, 0.6) is 0 Å². The molecule has 3 aromatic rings. The molecule has 0 aliphatic carbocycles. The van der Waals surface area contributed by atoms with Crippen molar-refractivity contribution in [3.63, 3.8) is 0 Å². The lowest BCUT2D eigenvalue weighted by molar-refractivity contribution is 0.107. The van der Waals surface area contributed by atoms with Crippen LogP contribution < -0.4 is 0 Å². The van der Waals surface area contributed by atoms with Gasteiger partial charge in [0.15, 0.2) is 5.82 Å². The Labute approximate surface area is 127 Å². The molecule has 0 fully saturated rings. The van der Waals surface area contributed by atoms with Crippen molar-refractivity contribution < 1.29 is 4.74 Å². The van der Waals surface area contributed by atoms with E-state index in [-0.39, 0.29) is 0 Å². The maximum atomic E-state index is 5.84. The molecule has 5 nitrogen and oxygen atoms in total. The Bertz CT molecular complexity index is 681. The molecule has 0 aliphatic rings. The van der Waals surface area contributed by atoms with E-state index in [9.17, 15) is 0 Å². The van der Waals surface area contributed by atoms with Crippen LogP contribution in [0.3, 0.4) is 0 Å². The number of benzene rings is 1. The summed E-state index contributed by atoms with van der Waals surface area (Å²) in [6.07, 6.45) is 3.24. The van der Waals surface area contributed by atoms with Crippen molar-refractivity contribution in [2.75, 3.05) is 0 Å². The van der Waals surface area contributed by atoms with Crippen molar-refractivity contribution in [1.29, 1.82) is 0 Å². The second-order valence-electron chi connectivity index (χ2n) is 4.51. The average molecular weight is 301 g/mol. The summed E-state index contributed by atoms with van der Waals surface area (Å²) in [5.74, 6) is 0.656. The van der Waals surface area contributed by atoms with Crippen LogP contribution in [-0.2, 0) is 18.0 Å². The highest BCUT2D eigenvalue weighted by Crippen LogP contribution is 2.13. The summed E-state index contributed by atoms with van der Waals surface area (Å²) in [6.45, 7) is 1.05. The van der Waals surface area contributed by atoms with Gasteiger partial charge in [0.2, 0.25) is 0 Å². The maximum absolute atomic E-state index is 5.84. The highest BCUT2D eigenvalue weighted by molar-refractivity contribution is 6.30. The van der Waals surface area contributed by atoms with Gasteiger partial charge in [-0.15, -0.1) is 0 Å². The zero-order valence-corrected chi connectivity index (χ0v) is 11.9. The highest BCUT2D eigenvalue weighted by atomic mass is 35.5. The highest BCUT2D eigenvalue weighted by Gasteiger charge is 2.02. The molecule has 2 heterocycles. The fraction of sp³-hybridized carbons (Fsp3) is 0.133. The van der Waals surface area contributed by atoms with E-state index in [0.717, 1.165) is 21.8 Å². The second kappa shape index (κ2) is 6.47. The third kappa shape index (κ3) is 3.65. The van der Waals surface area contributed by atoms with Gasteiger partial charge in [-0.05, 0) is 29.3 Å². The van der Waals surface area contributed by atoms with E-state index in [1.165, 1.54) is 6.33 Å². The number of hydrogen-bond donors (Lipinski definition) is 1. The molecular formula is C15H13ClN4O. The first-order chi connectivity index (χ1) is 10.3. The number of ether oxygens (including phenoxy) is 1. The van der Waals surface area contributed by atoms with Gasteiger partial charge in [-0.3, -0.25) is 10.1 Å². The summed E-state index contributed by atoms with van der Waals surface area (Å²) in [4.78, 5) is 8.38. The van der Waals surface area contributed by atoms with E-state index < -0.39 is 0 Å². The van der Waals surface area contributed by atoms with Crippen LogP contribution in [0.25, 0.3) is 11.5 Å². The van der Waals surface area contributed by atoms with Crippen LogP contribution in [-0.4, -0.2) is 20.2 Å². The molecule has 2 aromatic heterocycles. The lowest BCUT2D eigenvalue weighted by atomic mass is 10.2. The molecule has 0 radical (unpaired) electrons. The minimum absolute atomic E-state index is 0.506. The van der Waals surface area contributed by atoms with E-state index in [1.54, 1.807) is 6.20 Å². The van der Waals surface area contributed by atoms with Crippen LogP contribution in [0.4, 0.5) is 0 Å². The number of nitrogens with one attached hydrogen (secondary N) is 1. The number of H-pyrrole nitrogens is 1. The Balaban J connectivity index is 1.55. The largest absolute Gasteiger partial charge is 0.372 e.